The number of nitrogens with one attached hydrogen (secondary N) is 1. The molecule has 0 bridgehead atoms. The number of hydrogen-bond acceptors (Lipinski definition) is 4. The molecule has 1 unspecified atom stereocenters. The summed E-state index contributed by atoms with van der Waals surface area (Å²) in [6.07, 6.45) is 1.96. The third-order valence-corrected chi connectivity index (χ3v) is 7.61. The third-order valence-electron chi connectivity index (χ3n) is 6.43. The van der Waals surface area contributed by atoms with Crippen molar-refractivity contribution in [3.8, 4) is 0 Å². The number of sulfonamides is 1. The highest BCUT2D eigenvalue weighted by Crippen LogP contribution is 2.23. The molecule has 1 N–H and O–H groups in total. The summed E-state index contributed by atoms with van der Waals surface area (Å²) < 4.78 is 26.6. The van der Waals surface area contributed by atoms with Crippen LogP contribution in [0.2, 0.25) is 0 Å². The van der Waals surface area contributed by atoms with Crippen molar-refractivity contribution in [3.63, 3.8) is 0 Å². The maximum atomic E-state index is 13.8. The first kappa shape index (κ1) is 29.9. The minimum Gasteiger partial charge on any atom is -0.352 e. The van der Waals surface area contributed by atoms with Gasteiger partial charge in [0.25, 0.3) is 0 Å². The van der Waals surface area contributed by atoms with Crippen molar-refractivity contribution in [3.05, 3.63) is 102 Å². The van der Waals surface area contributed by atoms with E-state index >= 15 is 0 Å². The Labute approximate surface area is 232 Å². The maximum absolute atomic E-state index is 13.8. The summed E-state index contributed by atoms with van der Waals surface area (Å²) >= 11 is 0. The topological polar surface area (TPSA) is 86.8 Å². The molecule has 39 heavy (non-hydrogen) atoms. The largest absolute Gasteiger partial charge is 0.352 e. The monoisotopic (exact) mass is 549 g/mol. The lowest BCUT2D eigenvalue weighted by molar-refractivity contribution is -0.141. The van der Waals surface area contributed by atoms with Crippen LogP contribution < -0.4 is 9.62 Å². The number of aryl methyl sites for hydroxylation is 1. The molecule has 7 nitrogen and oxygen atoms in total. The Hall–Kier alpha value is -3.65. The van der Waals surface area contributed by atoms with Crippen LogP contribution in [0, 0.1) is 6.92 Å². The van der Waals surface area contributed by atoms with Crippen LogP contribution in [0.25, 0.3) is 0 Å². The van der Waals surface area contributed by atoms with E-state index < -0.39 is 16.1 Å². The number of hydrogen-bond donors (Lipinski definition) is 1. The number of benzene rings is 3. The predicted molar refractivity (Wildman–Crippen MR) is 157 cm³/mol. The lowest BCUT2D eigenvalue weighted by Gasteiger charge is -2.32. The average Bonchev–Trinajstić information content (AvgIpc) is 2.89. The van der Waals surface area contributed by atoms with E-state index in [0.717, 1.165) is 16.7 Å². The number of nitrogens with zero attached hydrogens (tertiary/aromatic N) is 2. The molecule has 0 aromatic heterocycles. The van der Waals surface area contributed by atoms with E-state index in [1.807, 2.05) is 93.6 Å². The Bertz CT molecular complexity index is 1330. The molecule has 0 saturated carbocycles. The first-order valence-electron chi connectivity index (χ1n) is 13.3. The molecule has 2 amide bonds. The summed E-state index contributed by atoms with van der Waals surface area (Å²) in [5.74, 6) is -0.410. The average molecular weight is 550 g/mol. The Morgan fingerprint density at radius 3 is 1.97 bits per heavy atom. The SMILES string of the molecule is Cc1ccccc1N(CCCC(=O)N(Cc1ccccc1)C(Cc1ccccc1)C(=O)NC(C)C)S(C)(=O)=O. The quantitative estimate of drug-likeness (QED) is 0.335. The van der Waals surface area contributed by atoms with Crippen molar-refractivity contribution in [2.75, 3.05) is 17.1 Å². The van der Waals surface area contributed by atoms with E-state index in [9.17, 15) is 18.0 Å². The summed E-state index contributed by atoms with van der Waals surface area (Å²) in [7, 11) is -3.55. The van der Waals surface area contributed by atoms with Crippen molar-refractivity contribution in [1.29, 1.82) is 0 Å². The molecular weight excluding hydrogens is 510 g/mol. The molecule has 0 aliphatic heterocycles. The normalized spacial score (nSPS) is 12.1. The Balaban J connectivity index is 1.86. The third kappa shape index (κ3) is 8.96. The number of carbonyl (C=O) groups is 2. The minimum absolute atomic E-state index is 0.0816. The van der Waals surface area contributed by atoms with Gasteiger partial charge in [-0.1, -0.05) is 78.9 Å². The van der Waals surface area contributed by atoms with Crippen molar-refractivity contribution in [2.24, 2.45) is 0 Å². The van der Waals surface area contributed by atoms with Crippen molar-refractivity contribution < 1.29 is 18.0 Å². The van der Waals surface area contributed by atoms with Crippen molar-refractivity contribution in [1.82, 2.24) is 10.2 Å². The maximum Gasteiger partial charge on any atom is 0.243 e. The van der Waals surface area contributed by atoms with Crippen molar-refractivity contribution in [2.45, 2.75) is 58.7 Å². The fourth-order valence-electron chi connectivity index (χ4n) is 4.54. The fraction of sp³-hybridized carbons (Fsp3) is 0.355. The van der Waals surface area contributed by atoms with Crippen LogP contribution in [0.3, 0.4) is 0 Å². The van der Waals surface area contributed by atoms with Crippen LogP contribution >= 0.6 is 0 Å². The first-order valence-corrected chi connectivity index (χ1v) is 15.1. The Morgan fingerprint density at radius 1 is 0.846 bits per heavy atom. The number of carbonyl (C=O) groups excluding carboxylic acids is 2. The summed E-state index contributed by atoms with van der Waals surface area (Å²) in [5.41, 5.74) is 3.31. The second kappa shape index (κ2) is 13.9. The van der Waals surface area contributed by atoms with Gasteiger partial charge in [-0.25, -0.2) is 8.42 Å². The van der Waals surface area contributed by atoms with Gasteiger partial charge in [0.15, 0.2) is 0 Å². The van der Waals surface area contributed by atoms with Crippen LogP contribution in [-0.4, -0.2) is 50.0 Å². The molecule has 0 radical (unpaired) electrons. The molecule has 8 heteroatoms. The highest BCUT2D eigenvalue weighted by Gasteiger charge is 2.31. The van der Waals surface area contributed by atoms with Gasteiger partial charge < -0.3 is 10.2 Å². The fourth-order valence-corrected chi connectivity index (χ4v) is 5.56. The molecule has 1 atom stereocenters. The highest BCUT2D eigenvalue weighted by molar-refractivity contribution is 7.92. The molecule has 0 saturated heterocycles. The van der Waals surface area contributed by atoms with Gasteiger partial charge in [0.2, 0.25) is 21.8 Å². The van der Waals surface area contributed by atoms with Gasteiger partial charge in [-0.05, 0) is 49.9 Å². The minimum atomic E-state index is -3.55. The zero-order chi connectivity index (χ0) is 28.4. The highest BCUT2D eigenvalue weighted by atomic mass is 32.2. The predicted octanol–water partition coefficient (Wildman–Crippen LogP) is 4.71. The van der Waals surface area contributed by atoms with E-state index in [1.165, 1.54) is 10.6 Å². The van der Waals surface area contributed by atoms with Gasteiger partial charge in [0.1, 0.15) is 6.04 Å². The zero-order valence-corrected chi connectivity index (χ0v) is 24.0. The molecule has 0 heterocycles. The van der Waals surface area contributed by atoms with Crippen LogP contribution in [0.4, 0.5) is 5.69 Å². The molecule has 3 rings (SSSR count). The van der Waals surface area contributed by atoms with Gasteiger partial charge in [0.05, 0.1) is 11.9 Å². The van der Waals surface area contributed by atoms with Gasteiger partial charge in [-0.3, -0.25) is 13.9 Å². The zero-order valence-electron chi connectivity index (χ0n) is 23.2. The number of amides is 2. The molecule has 3 aromatic carbocycles. The second-order valence-corrected chi connectivity index (χ2v) is 12.0. The number of rotatable bonds is 13. The van der Waals surface area contributed by atoms with Gasteiger partial charge in [0, 0.05) is 32.0 Å². The van der Waals surface area contributed by atoms with Gasteiger partial charge >= 0.3 is 0 Å². The first-order chi connectivity index (χ1) is 18.6. The van der Waals surface area contributed by atoms with Gasteiger partial charge in [-0.15, -0.1) is 0 Å². The van der Waals surface area contributed by atoms with E-state index in [2.05, 4.69) is 5.32 Å². The van der Waals surface area contributed by atoms with Crippen LogP contribution in [0.15, 0.2) is 84.9 Å². The van der Waals surface area contributed by atoms with Crippen LogP contribution in [0.1, 0.15) is 43.4 Å². The summed E-state index contributed by atoms with van der Waals surface area (Å²) in [6, 6.07) is 25.7. The van der Waals surface area contributed by atoms with E-state index in [0.29, 0.717) is 18.5 Å². The number of anilines is 1. The second-order valence-electron chi connectivity index (χ2n) is 10.1. The number of para-hydroxylation sites is 1. The summed E-state index contributed by atoms with van der Waals surface area (Å²) in [6.45, 7) is 6.09. The standard InChI is InChI=1S/C31H39N3O4S/c1-24(2)32-31(36)29(22-26-15-7-5-8-16-26)33(23-27-17-9-6-10-18-27)30(35)20-13-21-34(39(4,37)38)28-19-12-11-14-25(28)3/h5-12,14-19,24,29H,13,20-23H2,1-4H3,(H,32,36). The van der Waals surface area contributed by atoms with Crippen LogP contribution in [0.5, 0.6) is 0 Å². The van der Waals surface area contributed by atoms with Crippen LogP contribution in [-0.2, 0) is 32.6 Å². The van der Waals surface area contributed by atoms with E-state index in [-0.39, 0.29) is 37.4 Å². The molecule has 208 valence electrons. The molecule has 0 spiro atoms. The smallest absolute Gasteiger partial charge is 0.243 e. The molecule has 3 aromatic rings. The molecule has 0 aliphatic rings. The lowest BCUT2D eigenvalue weighted by atomic mass is 10.0. The van der Waals surface area contributed by atoms with E-state index in [1.54, 1.807) is 17.0 Å². The van der Waals surface area contributed by atoms with Gasteiger partial charge in [-0.2, -0.15) is 0 Å². The van der Waals surface area contributed by atoms with E-state index in [4.69, 9.17) is 0 Å². The lowest BCUT2D eigenvalue weighted by Crippen LogP contribution is -2.51. The molecule has 0 aliphatic carbocycles. The summed E-state index contributed by atoms with van der Waals surface area (Å²) in [5, 5.41) is 2.99. The van der Waals surface area contributed by atoms with Crippen molar-refractivity contribution >= 4 is 27.5 Å². The Morgan fingerprint density at radius 2 is 1.41 bits per heavy atom. The molecule has 0 fully saturated rings. The Kier molecular flexibility index (Phi) is 10.7. The molecular formula is C31H39N3O4S. The summed E-state index contributed by atoms with van der Waals surface area (Å²) in [4.78, 5) is 28.9.